The first-order valence-electron chi connectivity index (χ1n) is 6.68. The van der Waals surface area contributed by atoms with E-state index in [-0.39, 0.29) is 31.9 Å². The van der Waals surface area contributed by atoms with E-state index in [1.54, 1.807) is 0 Å². The van der Waals surface area contributed by atoms with Crippen LogP contribution in [0, 0.1) is 0 Å². The van der Waals surface area contributed by atoms with Gasteiger partial charge in [-0.2, -0.15) is 17.0 Å². The SMILES string of the molecule is CN([C@H](c1ccc(Cl)cc1)C(F)F)S(=O)(=O)N1CCOCC1. The van der Waals surface area contributed by atoms with Crippen LogP contribution in [-0.4, -0.2) is 56.8 Å². The first-order valence-corrected chi connectivity index (χ1v) is 8.46. The van der Waals surface area contributed by atoms with Gasteiger partial charge in [-0.3, -0.25) is 0 Å². The van der Waals surface area contributed by atoms with Crippen LogP contribution in [0.3, 0.4) is 0 Å². The van der Waals surface area contributed by atoms with Crippen molar-refractivity contribution in [1.29, 1.82) is 0 Å². The van der Waals surface area contributed by atoms with Crippen LogP contribution in [0.1, 0.15) is 11.6 Å². The lowest BCUT2D eigenvalue weighted by molar-refractivity contribution is 0.0539. The van der Waals surface area contributed by atoms with E-state index in [0.29, 0.717) is 9.33 Å². The molecule has 9 heteroatoms. The van der Waals surface area contributed by atoms with Crippen molar-refractivity contribution < 1.29 is 21.9 Å². The molecule has 2 rings (SSSR count). The van der Waals surface area contributed by atoms with E-state index in [9.17, 15) is 17.2 Å². The molecule has 1 fully saturated rings. The summed E-state index contributed by atoms with van der Waals surface area (Å²) in [5.41, 5.74) is 0.193. The van der Waals surface area contributed by atoms with Crippen LogP contribution in [-0.2, 0) is 14.9 Å². The van der Waals surface area contributed by atoms with E-state index < -0.39 is 22.7 Å². The molecular weight excluding hydrogens is 338 g/mol. The number of rotatable bonds is 5. The van der Waals surface area contributed by atoms with E-state index in [1.165, 1.54) is 24.3 Å². The smallest absolute Gasteiger partial charge is 0.282 e. The molecule has 22 heavy (non-hydrogen) atoms. The van der Waals surface area contributed by atoms with Gasteiger partial charge in [0.05, 0.1) is 13.2 Å². The fourth-order valence-corrected chi connectivity index (χ4v) is 3.88. The number of morpholine rings is 1. The molecule has 1 aliphatic rings. The highest BCUT2D eigenvalue weighted by Gasteiger charge is 2.38. The zero-order valence-electron chi connectivity index (χ0n) is 12.0. The number of hydrogen-bond donors (Lipinski definition) is 0. The molecule has 0 aliphatic carbocycles. The normalized spacial score (nSPS) is 18.8. The topological polar surface area (TPSA) is 49.9 Å². The maximum Gasteiger partial charge on any atom is 0.282 e. The van der Waals surface area contributed by atoms with Gasteiger partial charge in [0.15, 0.2) is 0 Å². The highest BCUT2D eigenvalue weighted by Crippen LogP contribution is 2.30. The molecule has 0 saturated carbocycles. The van der Waals surface area contributed by atoms with Gasteiger partial charge in [0.25, 0.3) is 16.6 Å². The number of hydrogen-bond acceptors (Lipinski definition) is 3. The summed E-state index contributed by atoms with van der Waals surface area (Å²) >= 11 is 5.75. The van der Waals surface area contributed by atoms with Crippen LogP contribution < -0.4 is 0 Å². The molecule has 0 spiro atoms. The molecule has 124 valence electrons. The summed E-state index contributed by atoms with van der Waals surface area (Å²) in [5.74, 6) is 0. The van der Waals surface area contributed by atoms with Crippen molar-refractivity contribution >= 4 is 21.8 Å². The van der Waals surface area contributed by atoms with Crippen LogP contribution in [0.4, 0.5) is 8.78 Å². The van der Waals surface area contributed by atoms with Crippen molar-refractivity contribution in [2.75, 3.05) is 33.4 Å². The quantitative estimate of drug-likeness (QED) is 0.814. The molecule has 1 heterocycles. The first kappa shape index (κ1) is 17.6. The Labute approximate surface area is 133 Å². The van der Waals surface area contributed by atoms with Gasteiger partial charge in [-0.05, 0) is 17.7 Å². The minimum absolute atomic E-state index is 0.156. The highest BCUT2D eigenvalue weighted by molar-refractivity contribution is 7.86. The molecule has 0 amide bonds. The third-order valence-corrected chi connectivity index (χ3v) is 5.73. The lowest BCUT2D eigenvalue weighted by Crippen LogP contribution is -2.49. The number of alkyl halides is 2. The minimum atomic E-state index is -3.99. The number of halogens is 3. The van der Waals surface area contributed by atoms with Gasteiger partial charge in [0.2, 0.25) is 0 Å². The van der Waals surface area contributed by atoms with Gasteiger partial charge < -0.3 is 4.74 Å². The van der Waals surface area contributed by atoms with E-state index in [0.717, 1.165) is 11.4 Å². The van der Waals surface area contributed by atoms with Crippen LogP contribution >= 0.6 is 11.6 Å². The fraction of sp³-hybridized carbons (Fsp3) is 0.538. The maximum absolute atomic E-state index is 13.5. The van der Waals surface area contributed by atoms with Crippen LogP contribution in [0.5, 0.6) is 0 Å². The Hall–Kier alpha value is -0.800. The monoisotopic (exact) mass is 354 g/mol. The summed E-state index contributed by atoms with van der Waals surface area (Å²) in [6.45, 7) is 0.827. The van der Waals surface area contributed by atoms with Crippen molar-refractivity contribution in [3.05, 3.63) is 34.9 Å². The minimum Gasteiger partial charge on any atom is -0.379 e. The molecule has 0 radical (unpaired) electrons. The van der Waals surface area contributed by atoms with E-state index >= 15 is 0 Å². The fourth-order valence-electron chi connectivity index (χ4n) is 2.28. The third-order valence-electron chi connectivity index (χ3n) is 3.50. The summed E-state index contributed by atoms with van der Waals surface area (Å²) < 4.78 is 58.9. The van der Waals surface area contributed by atoms with E-state index in [2.05, 4.69) is 0 Å². The van der Waals surface area contributed by atoms with Crippen LogP contribution in [0.2, 0.25) is 5.02 Å². The first-order chi connectivity index (χ1) is 10.3. The largest absolute Gasteiger partial charge is 0.379 e. The predicted octanol–water partition coefficient (Wildman–Crippen LogP) is 2.16. The van der Waals surface area contributed by atoms with Gasteiger partial charge in [-0.15, -0.1) is 0 Å². The molecule has 1 atom stereocenters. The van der Waals surface area contributed by atoms with Gasteiger partial charge in [0.1, 0.15) is 6.04 Å². The maximum atomic E-state index is 13.5. The molecule has 0 unspecified atom stereocenters. The number of ether oxygens (including phenoxy) is 1. The molecule has 0 aromatic heterocycles. The average molecular weight is 355 g/mol. The summed E-state index contributed by atoms with van der Waals surface area (Å²) in [4.78, 5) is 0. The Balaban J connectivity index is 2.29. The standard InChI is InChI=1S/C13H17ClF2N2O3S/c1-17(22(19,20)18-6-8-21-9-7-18)12(13(15)16)10-2-4-11(14)5-3-10/h2-5,12-13H,6-9H2,1H3/t12-/m1/s1. The lowest BCUT2D eigenvalue weighted by Gasteiger charge is -2.34. The lowest BCUT2D eigenvalue weighted by atomic mass is 10.1. The predicted molar refractivity (Wildman–Crippen MR) is 79.3 cm³/mol. The van der Waals surface area contributed by atoms with Gasteiger partial charge in [0, 0.05) is 25.2 Å². The van der Waals surface area contributed by atoms with Crippen molar-refractivity contribution in [2.45, 2.75) is 12.5 Å². The van der Waals surface area contributed by atoms with Gasteiger partial charge >= 0.3 is 0 Å². The van der Waals surface area contributed by atoms with Crippen LogP contribution in [0.15, 0.2) is 24.3 Å². The molecule has 1 aromatic rings. The molecule has 1 aliphatic heterocycles. The molecule has 1 saturated heterocycles. The van der Waals surface area contributed by atoms with E-state index in [4.69, 9.17) is 16.3 Å². The number of benzene rings is 1. The van der Waals surface area contributed by atoms with Crippen molar-refractivity contribution in [3.63, 3.8) is 0 Å². The summed E-state index contributed by atoms with van der Waals surface area (Å²) in [7, 11) is -2.83. The van der Waals surface area contributed by atoms with Gasteiger partial charge in [-0.25, -0.2) is 8.78 Å². The molecule has 0 N–H and O–H groups in total. The summed E-state index contributed by atoms with van der Waals surface area (Å²) in [6.07, 6.45) is -2.86. The Morgan fingerprint density at radius 2 is 1.77 bits per heavy atom. The van der Waals surface area contributed by atoms with Crippen molar-refractivity contribution in [2.24, 2.45) is 0 Å². The zero-order valence-corrected chi connectivity index (χ0v) is 13.5. The zero-order chi connectivity index (χ0) is 16.3. The Morgan fingerprint density at radius 3 is 2.27 bits per heavy atom. The Bertz CT molecular complexity index is 592. The summed E-state index contributed by atoms with van der Waals surface area (Å²) in [5, 5.41) is 0.399. The Morgan fingerprint density at radius 1 is 1.23 bits per heavy atom. The molecule has 1 aromatic carbocycles. The second kappa shape index (κ2) is 7.18. The second-order valence-electron chi connectivity index (χ2n) is 4.87. The van der Waals surface area contributed by atoms with Crippen molar-refractivity contribution in [3.8, 4) is 0 Å². The van der Waals surface area contributed by atoms with Gasteiger partial charge in [-0.1, -0.05) is 23.7 Å². The van der Waals surface area contributed by atoms with E-state index in [1.807, 2.05) is 0 Å². The molecular formula is C13H17ClF2N2O3S. The van der Waals surface area contributed by atoms with Crippen LogP contribution in [0.25, 0.3) is 0 Å². The average Bonchev–Trinajstić information content (AvgIpc) is 2.50. The molecule has 5 nitrogen and oxygen atoms in total. The number of nitrogens with zero attached hydrogens (tertiary/aromatic N) is 2. The Kier molecular flexibility index (Phi) is 5.73. The molecule has 0 bridgehead atoms. The van der Waals surface area contributed by atoms with Crippen molar-refractivity contribution in [1.82, 2.24) is 8.61 Å². The third kappa shape index (κ3) is 3.75. The highest BCUT2D eigenvalue weighted by atomic mass is 35.5. The summed E-state index contributed by atoms with van der Waals surface area (Å²) in [6, 6.07) is 4.17. The second-order valence-corrected chi connectivity index (χ2v) is 7.29.